The Hall–Kier alpha value is -1.85. The third-order valence-corrected chi connectivity index (χ3v) is 6.23. The van der Waals surface area contributed by atoms with Crippen LogP contribution < -0.4 is 5.43 Å². The Kier molecular flexibility index (Phi) is 3.83. The van der Waals surface area contributed by atoms with Gasteiger partial charge < -0.3 is 0 Å². The van der Waals surface area contributed by atoms with Crippen molar-refractivity contribution in [2.45, 2.75) is 24.4 Å². The van der Waals surface area contributed by atoms with E-state index in [9.17, 15) is 4.79 Å². The number of imidazole rings is 1. The fourth-order valence-electron chi connectivity index (χ4n) is 2.99. The molecule has 0 amide bonds. The second-order valence-corrected chi connectivity index (χ2v) is 7.58. The van der Waals surface area contributed by atoms with Crippen molar-refractivity contribution in [3.8, 4) is 5.69 Å². The molecule has 1 aromatic carbocycles. The molecule has 23 heavy (non-hydrogen) atoms. The minimum Gasteiger partial charge on any atom is -0.287 e. The molecule has 0 radical (unpaired) electrons. The number of hydrogen-bond donors (Lipinski definition) is 0. The van der Waals surface area contributed by atoms with Gasteiger partial charge in [0.2, 0.25) is 5.43 Å². The van der Waals surface area contributed by atoms with Gasteiger partial charge in [-0.2, -0.15) is 0 Å². The van der Waals surface area contributed by atoms with Gasteiger partial charge in [0.25, 0.3) is 0 Å². The van der Waals surface area contributed by atoms with Crippen LogP contribution in [0.1, 0.15) is 16.9 Å². The highest BCUT2D eigenvalue weighted by Gasteiger charge is 2.23. The number of thioether (sulfide) groups is 1. The van der Waals surface area contributed by atoms with E-state index < -0.39 is 0 Å². The van der Waals surface area contributed by atoms with Crippen molar-refractivity contribution in [1.29, 1.82) is 0 Å². The summed E-state index contributed by atoms with van der Waals surface area (Å²) in [5, 5.41) is 0.864. The quantitative estimate of drug-likeness (QED) is 0.527. The van der Waals surface area contributed by atoms with Crippen LogP contribution in [0.2, 0.25) is 0 Å². The minimum absolute atomic E-state index is 0.126. The molecule has 3 nitrogen and oxygen atoms in total. The fourth-order valence-corrected chi connectivity index (χ4v) is 5.11. The lowest BCUT2D eigenvalue weighted by Gasteiger charge is -2.08. The maximum atomic E-state index is 12.8. The molecule has 116 valence electrons. The average Bonchev–Trinajstić information content (AvgIpc) is 3.18. The monoisotopic (exact) mass is 340 g/mol. The summed E-state index contributed by atoms with van der Waals surface area (Å²) in [7, 11) is 0. The van der Waals surface area contributed by atoms with Crippen LogP contribution in [0.15, 0.2) is 52.9 Å². The van der Waals surface area contributed by atoms with Crippen LogP contribution in [-0.4, -0.2) is 15.3 Å². The van der Waals surface area contributed by atoms with E-state index in [2.05, 4.69) is 28.3 Å². The summed E-state index contributed by atoms with van der Waals surface area (Å²) in [6.07, 6.45) is 4.85. The standard InChI is InChI=1S/C18H16N2OS2/c1-2-11-22-18-19-15-16(21)13-9-6-10-14(13)23-17(15)20(18)12-7-4-3-5-8-12/h2-5,7-8H,1,6,9-11H2. The first-order chi connectivity index (χ1) is 11.3. The van der Waals surface area contributed by atoms with Crippen molar-refractivity contribution in [3.05, 3.63) is 63.7 Å². The number of benzene rings is 1. The Morgan fingerprint density at radius 3 is 2.91 bits per heavy atom. The zero-order valence-electron chi connectivity index (χ0n) is 12.6. The predicted octanol–water partition coefficient (Wildman–Crippen LogP) is 4.21. The van der Waals surface area contributed by atoms with E-state index in [0.29, 0.717) is 5.52 Å². The molecule has 3 aromatic rings. The van der Waals surface area contributed by atoms with Crippen molar-refractivity contribution < 1.29 is 0 Å². The van der Waals surface area contributed by atoms with Crippen LogP contribution in [0, 0.1) is 0 Å². The summed E-state index contributed by atoms with van der Waals surface area (Å²) in [5.74, 6) is 0.773. The van der Waals surface area contributed by atoms with Crippen LogP contribution in [-0.2, 0) is 12.8 Å². The smallest absolute Gasteiger partial charge is 0.211 e. The molecule has 0 atom stereocenters. The van der Waals surface area contributed by atoms with Crippen LogP contribution in [0.25, 0.3) is 16.0 Å². The highest BCUT2D eigenvalue weighted by Crippen LogP contribution is 2.33. The number of hydrogen-bond acceptors (Lipinski definition) is 4. The molecule has 0 spiro atoms. The summed E-state index contributed by atoms with van der Waals surface area (Å²) in [4.78, 5) is 19.7. The molecule has 2 heterocycles. The van der Waals surface area contributed by atoms with Gasteiger partial charge >= 0.3 is 0 Å². The number of aromatic nitrogens is 2. The lowest BCUT2D eigenvalue weighted by atomic mass is 10.2. The molecule has 0 saturated carbocycles. The van der Waals surface area contributed by atoms with Gasteiger partial charge in [-0.15, -0.1) is 17.9 Å². The summed E-state index contributed by atoms with van der Waals surface area (Å²) >= 11 is 3.34. The Morgan fingerprint density at radius 1 is 1.30 bits per heavy atom. The second kappa shape index (κ2) is 5.98. The van der Waals surface area contributed by atoms with Crippen LogP contribution >= 0.6 is 23.1 Å². The second-order valence-electron chi connectivity index (χ2n) is 5.51. The van der Waals surface area contributed by atoms with Gasteiger partial charge in [0.1, 0.15) is 10.3 Å². The normalized spacial score (nSPS) is 13.4. The van der Waals surface area contributed by atoms with Gasteiger partial charge in [0, 0.05) is 21.9 Å². The molecular formula is C18H16N2OS2. The Balaban J connectivity index is 2.02. The van der Waals surface area contributed by atoms with Crippen LogP contribution in [0.3, 0.4) is 0 Å². The highest BCUT2D eigenvalue weighted by atomic mass is 32.2. The molecule has 1 aliphatic rings. The average molecular weight is 340 g/mol. The zero-order valence-corrected chi connectivity index (χ0v) is 14.3. The lowest BCUT2D eigenvalue weighted by Crippen LogP contribution is -2.07. The number of fused-ring (bicyclic) bond motifs is 2. The van der Waals surface area contributed by atoms with Crippen molar-refractivity contribution in [1.82, 2.24) is 9.55 Å². The molecule has 0 fully saturated rings. The van der Waals surface area contributed by atoms with Gasteiger partial charge in [0.15, 0.2) is 5.16 Å². The van der Waals surface area contributed by atoms with Crippen molar-refractivity contribution in [2.75, 3.05) is 5.75 Å². The van der Waals surface area contributed by atoms with Gasteiger partial charge in [0.05, 0.1) is 0 Å². The molecule has 5 heteroatoms. The van der Waals surface area contributed by atoms with Crippen LogP contribution in [0.5, 0.6) is 0 Å². The predicted molar refractivity (Wildman–Crippen MR) is 98.2 cm³/mol. The van der Waals surface area contributed by atoms with Gasteiger partial charge in [-0.1, -0.05) is 36.0 Å². The van der Waals surface area contributed by atoms with E-state index in [0.717, 1.165) is 46.3 Å². The third kappa shape index (κ3) is 2.44. The van der Waals surface area contributed by atoms with E-state index in [1.807, 2.05) is 24.3 Å². The summed E-state index contributed by atoms with van der Waals surface area (Å²) in [6, 6.07) is 10.1. The summed E-state index contributed by atoms with van der Waals surface area (Å²) in [5.41, 5.74) is 2.78. The van der Waals surface area contributed by atoms with Crippen molar-refractivity contribution in [3.63, 3.8) is 0 Å². The molecule has 1 aliphatic carbocycles. The summed E-state index contributed by atoms with van der Waals surface area (Å²) < 4.78 is 2.12. The SMILES string of the molecule is C=CCSc1nc2c(=O)c3c(sc2n1-c1ccccc1)CCC3. The van der Waals surface area contributed by atoms with Crippen molar-refractivity contribution in [2.24, 2.45) is 0 Å². The lowest BCUT2D eigenvalue weighted by molar-refractivity contribution is 0.911. The molecule has 2 aromatic heterocycles. The maximum Gasteiger partial charge on any atom is 0.211 e. The largest absolute Gasteiger partial charge is 0.287 e. The molecule has 4 rings (SSSR count). The van der Waals surface area contributed by atoms with E-state index in [4.69, 9.17) is 0 Å². The molecule has 0 N–H and O–H groups in total. The number of rotatable bonds is 4. The van der Waals surface area contributed by atoms with Gasteiger partial charge in [-0.3, -0.25) is 9.36 Å². The molecule has 0 aliphatic heterocycles. The molecule has 0 bridgehead atoms. The van der Waals surface area contributed by atoms with Crippen LogP contribution in [0.4, 0.5) is 0 Å². The topological polar surface area (TPSA) is 34.9 Å². The third-order valence-electron chi connectivity index (χ3n) is 4.03. The molecule has 0 saturated heterocycles. The first-order valence-corrected chi connectivity index (χ1v) is 9.46. The van der Waals surface area contributed by atoms with Gasteiger partial charge in [-0.25, -0.2) is 4.98 Å². The van der Waals surface area contributed by atoms with E-state index >= 15 is 0 Å². The van der Waals surface area contributed by atoms with E-state index in [1.54, 1.807) is 23.1 Å². The first-order valence-electron chi connectivity index (χ1n) is 7.66. The molecular weight excluding hydrogens is 324 g/mol. The molecule has 0 unspecified atom stereocenters. The minimum atomic E-state index is 0.126. The number of nitrogens with zero attached hydrogens (tertiary/aromatic N) is 2. The maximum absolute atomic E-state index is 12.8. The highest BCUT2D eigenvalue weighted by molar-refractivity contribution is 7.99. The first kappa shape index (κ1) is 14.7. The van der Waals surface area contributed by atoms with Crippen molar-refractivity contribution >= 4 is 33.4 Å². The Labute approximate surface area is 142 Å². The Morgan fingerprint density at radius 2 is 2.13 bits per heavy atom. The zero-order chi connectivity index (χ0) is 15.8. The van der Waals surface area contributed by atoms with E-state index in [1.165, 1.54) is 4.88 Å². The Bertz CT molecular complexity index is 941. The van der Waals surface area contributed by atoms with Gasteiger partial charge in [-0.05, 0) is 31.4 Å². The number of aryl methyl sites for hydroxylation is 1. The number of para-hydroxylation sites is 1. The fraction of sp³-hybridized carbons (Fsp3) is 0.222. The van der Waals surface area contributed by atoms with E-state index in [-0.39, 0.29) is 5.43 Å². The summed E-state index contributed by atoms with van der Waals surface area (Å²) in [6.45, 7) is 3.78.